The van der Waals surface area contributed by atoms with Gasteiger partial charge in [0.05, 0.1) is 23.6 Å². The summed E-state index contributed by atoms with van der Waals surface area (Å²) in [5.41, 5.74) is 1.49. The number of halogens is 1. The highest BCUT2D eigenvalue weighted by atomic mass is 19.1. The van der Waals surface area contributed by atoms with E-state index in [2.05, 4.69) is 0 Å². The molecule has 0 spiro atoms. The lowest BCUT2D eigenvalue weighted by atomic mass is 10.1. The predicted molar refractivity (Wildman–Crippen MR) is 85.7 cm³/mol. The minimum Gasteiger partial charge on any atom is -0.493 e. The average molecular weight is 330 g/mol. The van der Waals surface area contributed by atoms with Gasteiger partial charge in [-0.1, -0.05) is 6.07 Å². The maximum absolute atomic E-state index is 12.8. The van der Waals surface area contributed by atoms with Gasteiger partial charge >= 0.3 is 0 Å². The smallest absolute Gasteiger partial charge is 0.271 e. The molecule has 0 unspecified atom stereocenters. The van der Waals surface area contributed by atoms with Gasteiger partial charge in [-0.05, 0) is 36.2 Å². The Hall–Kier alpha value is -2.96. The van der Waals surface area contributed by atoms with Crippen molar-refractivity contribution in [2.45, 2.75) is 12.8 Å². The van der Waals surface area contributed by atoms with Crippen LogP contribution in [0.5, 0.6) is 5.75 Å². The van der Waals surface area contributed by atoms with E-state index in [1.54, 1.807) is 11.0 Å². The molecule has 2 aromatic rings. The number of hydrogen-bond acceptors (Lipinski definition) is 4. The molecule has 0 saturated heterocycles. The minimum absolute atomic E-state index is 0.0315. The van der Waals surface area contributed by atoms with Crippen LogP contribution in [0.2, 0.25) is 0 Å². The number of ether oxygens (including phenoxy) is 1. The van der Waals surface area contributed by atoms with E-state index < -0.39 is 4.92 Å². The first-order valence-electron chi connectivity index (χ1n) is 7.50. The zero-order valence-corrected chi connectivity index (χ0v) is 12.8. The molecular formula is C17H15FN2O4. The maximum atomic E-state index is 12.8. The van der Waals surface area contributed by atoms with Crippen LogP contribution in [0.3, 0.4) is 0 Å². The lowest BCUT2D eigenvalue weighted by Gasteiger charge is -2.17. The van der Waals surface area contributed by atoms with Gasteiger partial charge in [0.2, 0.25) is 5.91 Å². The number of nitro benzene ring substituents is 1. The van der Waals surface area contributed by atoms with Crippen molar-refractivity contribution >= 4 is 17.3 Å². The molecule has 2 aromatic carbocycles. The fourth-order valence-corrected chi connectivity index (χ4v) is 2.66. The molecule has 0 saturated carbocycles. The molecule has 0 bridgehead atoms. The molecule has 0 atom stereocenters. The lowest BCUT2D eigenvalue weighted by Crippen LogP contribution is -2.30. The summed E-state index contributed by atoms with van der Waals surface area (Å²) in [5.74, 6) is -0.0216. The first-order chi connectivity index (χ1) is 11.5. The van der Waals surface area contributed by atoms with Crippen molar-refractivity contribution in [3.63, 3.8) is 0 Å². The Labute approximate surface area is 137 Å². The van der Waals surface area contributed by atoms with Crippen molar-refractivity contribution < 1.29 is 18.8 Å². The van der Waals surface area contributed by atoms with Crippen LogP contribution >= 0.6 is 0 Å². The van der Waals surface area contributed by atoms with Crippen LogP contribution in [0.4, 0.5) is 15.8 Å². The van der Waals surface area contributed by atoms with Gasteiger partial charge in [-0.15, -0.1) is 0 Å². The molecule has 0 aromatic heterocycles. The molecule has 7 heteroatoms. The summed E-state index contributed by atoms with van der Waals surface area (Å²) in [4.78, 5) is 24.3. The Kier molecular flexibility index (Phi) is 4.41. The van der Waals surface area contributed by atoms with Crippen LogP contribution in [-0.4, -0.2) is 24.0 Å². The van der Waals surface area contributed by atoms with Crippen molar-refractivity contribution in [2.75, 3.05) is 18.1 Å². The number of amides is 1. The maximum Gasteiger partial charge on any atom is 0.271 e. The Morgan fingerprint density at radius 1 is 1.25 bits per heavy atom. The summed E-state index contributed by atoms with van der Waals surface area (Å²) >= 11 is 0. The highest BCUT2D eigenvalue weighted by Crippen LogP contribution is 2.32. The second-order valence-electron chi connectivity index (χ2n) is 5.42. The van der Waals surface area contributed by atoms with Crippen molar-refractivity contribution in [2.24, 2.45) is 0 Å². The molecular weight excluding hydrogens is 315 g/mol. The first-order valence-corrected chi connectivity index (χ1v) is 7.50. The number of carbonyl (C=O) groups is 1. The second-order valence-corrected chi connectivity index (χ2v) is 5.42. The highest BCUT2D eigenvalue weighted by molar-refractivity contribution is 5.95. The number of anilines is 1. The van der Waals surface area contributed by atoms with Crippen LogP contribution in [0.25, 0.3) is 0 Å². The van der Waals surface area contributed by atoms with Crippen molar-refractivity contribution in [1.29, 1.82) is 0 Å². The molecule has 0 aliphatic carbocycles. The van der Waals surface area contributed by atoms with Crippen molar-refractivity contribution in [3.05, 3.63) is 64.0 Å². The largest absolute Gasteiger partial charge is 0.493 e. The van der Waals surface area contributed by atoms with Gasteiger partial charge in [0.25, 0.3) is 5.69 Å². The van der Waals surface area contributed by atoms with E-state index >= 15 is 0 Å². The topological polar surface area (TPSA) is 72.7 Å². The Morgan fingerprint density at radius 3 is 2.71 bits per heavy atom. The number of non-ortho nitro benzene ring substituents is 1. The zero-order chi connectivity index (χ0) is 17.1. The third-order valence-electron chi connectivity index (χ3n) is 3.87. The molecule has 24 heavy (non-hydrogen) atoms. The number of fused-ring (bicyclic) bond motifs is 1. The lowest BCUT2D eigenvalue weighted by molar-refractivity contribution is -0.384. The molecule has 0 fully saturated rings. The highest BCUT2D eigenvalue weighted by Gasteiger charge is 2.26. The molecule has 6 nitrogen and oxygen atoms in total. The number of rotatable bonds is 5. The molecule has 1 heterocycles. The fourth-order valence-electron chi connectivity index (χ4n) is 2.66. The number of nitro groups is 1. The van der Waals surface area contributed by atoms with Gasteiger partial charge in [0.1, 0.15) is 11.6 Å². The zero-order valence-electron chi connectivity index (χ0n) is 12.8. The third kappa shape index (κ3) is 3.34. The Morgan fingerprint density at radius 2 is 2.00 bits per heavy atom. The first kappa shape index (κ1) is 15.9. The van der Waals surface area contributed by atoms with Gasteiger partial charge < -0.3 is 9.64 Å². The molecule has 1 aliphatic rings. The molecule has 1 amide bonds. The number of hydrogen-bond donors (Lipinski definition) is 0. The van der Waals surface area contributed by atoms with Gasteiger partial charge in [0, 0.05) is 18.7 Å². The number of nitrogens with zero attached hydrogens (tertiary/aromatic N) is 2. The van der Waals surface area contributed by atoms with Crippen LogP contribution in [0.1, 0.15) is 12.0 Å². The van der Waals surface area contributed by atoms with Crippen LogP contribution in [0, 0.1) is 15.9 Å². The Balaban J connectivity index is 1.62. The van der Waals surface area contributed by atoms with E-state index in [0.717, 1.165) is 5.56 Å². The molecule has 3 rings (SSSR count). The van der Waals surface area contributed by atoms with E-state index in [9.17, 15) is 19.3 Å². The van der Waals surface area contributed by atoms with Crippen molar-refractivity contribution in [3.8, 4) is 5.75 Å². The van der Waals surface area contributed by atoms with Gasteiger partial charge in [-0.25, -0.2) is 4.39 Å². The quantitative estimate of drug-likeness (QED) is 0.624. The van der Waals surface area contributed by atoms with Gasteiger partial charge in [0.15, 0.2) is 0 Å². The van der Waals surface area contributed by atoms with E-state index in [1.807, 2.05) is 0 Å². The summed E-state index contributed by atoms with van der Waals surface area (Å²) in [7, 11) is 0. The van der Waals surface area contributed by atoms with Crippen LogP contribution < -0.4 is 9.64 Å². The summed E-state index contributed by atoms with van der Waals surface area (Å²) in [6.45, 7) is 0.664. The number of carbonyl (C=O) groups excluding carboxylic acids is 1. The molecule has 124 valence electrons. The normalized spacial score (nSPS) is 12.8. The van der Waals surface area contributed by atoms with E-state index in [-0.39, 0.29) is 30.4 Å². The van der Waals surface area contributed by atoms with E-state index in [1.165, 1.54) is 36.4 Å². The van der Waals surface area contributed by atoms with Gasteiger partial charge in [-0.3, -0.25) is 14.9 Å². The van der Waals surface area contributed by atoms with Crippen molar-refractivity contribution in [1.82, 2.24) is 0 Å². The third-order valence-corrected chi connectivity index (χ3v) is 3.87. The van der Waals surface area contributed by atoms with Crippen LogP contribution in [-0.2, 0) is 11.2 Å². The number of benzene rings is 2. The summed E-state index contributed by atoms with van der Waals surface area (Å²) in [6.07, 6.45) is 0.817. The standard InChI is InChI=1S/C17H15FN2O4/c18-13-2-5-15(6-3-13)24-10-8-17(21)19-9-7-12-1-4-14(20(22)23)11-16(12)19/h1-6,11H,7-10H2. The van der Waals surface area contributed by atoms with Crippen LogP contribution in [0.15, 0.2) is 42.5 Å². The average Bonchev–Trinajstić information content (AvgIpc) is 2.99. The summed E-state index contributed by atoms with van der Waals surface area (Å²) < 4.78 is 18.2. The molecule has 1 aliphatic heterocycles. The summed E-state index contributed by atoms with van der Waals surface area (Å²) in [5, 5.41) is 10.9. The fraction of sp³-hybridized carbons (Fsp3) is 0.235. The molecule has 0 N–H and O–H groups in total. The monoisotopic (exact) mass is 330 g/mol. The minimum atomic E-state index is -0.473. The second kappa shape index (κ2) is 6.66. The SMILES string of the molecule is O=C(CCOc1ccc(F)cc1)N1CCc2ccc([N+](=O)[O-])cc21. The Bertz CT molecular complexity index is 777. The van der Waals surface area contributed by atoms with E-state index in [0.29, 0.717) is 24.4 Å². The summed E-state index contributed by atoms with van der Waals surface area (Å²) in [6, 6.07) is 10.1. The van der Waals surface area contributed by atoms with E-state index in [4.69, 9.17) is 4.74 Å². The predicted octanol–water partition coefficient (Wildman–Crippen LogP) is 3.09. The van der Waals surface area contributed by atoms with Gasteiger partial charge in [-0.2, -0.15) is 0 Å². The molecule has 0 radical (unpaired) electrons.